The van der Waals surface area contributed by atoms with Gasteiger partial charge in [0.05, 0.1) is 0 Å². The number of anilines is 1. The van der Waals surface area contributed by atoms with E-state index in [9.17, 15) is 0 Å². The van der Waals surface area contributed by atoms with Crippen LogP contribution in [0.2, 0.25) is 5.02 Å². The van der Waals surface area contributed by atoms with E-state index in [0.717, 1.165) is 33.6 Å². The normalized spacial score (nSPS) is 18.9. The van der Waals surface area contributed by atoms with Crippen LogP contribution >= 0.6 is 11.6 Å². The number of nitrogens with zero attached hydrogens (tertiary/aromatic N) is 1. The van der Waals surface area contributed by atoms with E-state index in [0.29, 0.717) is 5.92 Å². The topological polar surface area (TPSA) is 62.4 Å². The number of nitrogens with two attached hydrogens (primary N) is 1. The van der Waals surface area contributed by atoms with E-state index in [1.807, 2.05) is 24.3 Å². The van der Waals surface area contributed by atoms with Crippen molar-refractivity contribution in [2.45, 2.75) is 45.7 Å². The summed E-state index contributed by atoms with van der Waals surface area (Å²) in [6.45, 7) is 4.44. The van der Waals surface area contributed by atoms with E-state index in [1.165, 1.54) is 38.4 Å². The predicted octanol–water partition coefficient (Wildman–Crippen LogP) is 6.11. The van der Waals surface area contributed by atoms with Gasteiger partial charge in [0.1, 0.15) is 12.0 Å². The Balaban J connectivity index is 0.00000124. The number of rotatable bonds is 6. The average Bonchev–Trinajstić information content (AvgIpc) is 3.61. The number of hydrogen-bond donors (Lipinski definition) is 3. The van der Waals surface area contributed by atoms with Crippen LogP contribution in [0.25, 0.3) is 0 Å². The van der Waals surface area contributed by atoms with Crippen LogP contribution in [-0.4, -0.2) is 12.9 Å². The van der Waals surface area contributed by atoms with Gasteiger partial charge in [0.15, 0.2) is 0 Å². The predicted molar refractivity (Wildman–Crippen MR) is 129 cm³/mol. The zero-order valence-electron chi connectivity index (χ0n) is 18.2. The van der Waals surface area contributed by atoms with Crippen LogP contribution in [-0.2, 0) is 0 Å². The molecule has 1 aliphatic carbocycles. The Morgan fingerprint density at radius 2 is 1.90 bits per heavy atom. The fourth-order valence-corrected chi connectivity index (χ4v) is 4.08. The van der Waals surface area contributed by atoms with Gasteiger partial charge in [-0.2, -0.15) is 0 Å². The third-order valence-corrected chi connectivity index (χ3v) is 5.80. The highest BCUT2D eigenvalue weighted by Gasteiger charge is 2.29. The molecule has 2 unspecified atom stereocenters. The maximum atomic E-state index is 6.06. The molecule has 160 valence electrons. The molecule has 30 heavy (non-hydrogen) atoms. The maximum absolute atomic E-state index is 6.06. The highest BCUT2D eigenvalue weighted by molar-refractivity contribution is 6.30. The highest BCUT2D eigenvalue weighted by atomic mass is 35.5. The van der Waals surface area contributed by atoms with Crippen molar-refractivity contribution in [2.75, 3.05) is 12.4 Å². The van der Waals surface area contributed by atoms with Crippen LogP contribution in [0, 0.1) is 11.8 Å². The number of hydrogen-bond acceptors (Lipinski definition) is 4. The molecule has 2 aromatic carbocycles. The first-order valence-corrected chi connectivity index (χ1v) is 11.2. The van der Waals surface area contributed by atoms with Crippen LogP contribution in [0.5, 0.6) is 0 Å². The number of para-hydroxylation sites is 1. The van der Waals surface area contributed by atoms with Crippen molar-refractivity contribution in [2.24, 2.45) is 22.6 Å². The lowest BCUT2D eigenvalue weighted by molar-refractivity contribution is 0.512. The van der Waals surface area contributed by atoms with E-state index >= 15 is 0 Å². The number of allylic oxidation sites excluding steroid dienone is 2. The molecule has 2 aliphatic rings. The number of fused-ring (bicyclic) bond motifs is 1. The van der Waals surface area contributed by atoms with Crippen LogP contribution < -0.4 is 16.4 Å². The molecule has 1 saturated carbocycles. The standard InChI is InChI=1S/C24H28ClN3.CH5N/c1-3-6-19(17-9-10-17)15-16(2)26-24-21-7-4-5-8-22(21)27-23(28-24)18-11-13-20(25)14-12-18;1-2/h4-5,7-8,11-15,17,19,23,27H,3,6,9-10H2,1-2H3,(H,26,28);2H2,1H3/b16-15+;. The quantitative estimate of drug-likeness (QED) is 0.524. The molecule has 0 radical (unpaired) electrons. The Morgan fingerprint density at radius 1 is 1.20 bits per heavy atom. The molecule has 4 rings (SSSR count). The lowest BCUT2D eigenvalue weighted by Gasteiger charge is -2.27. The molecule has 0 saturated heterocycles. The Hall–Kier alpha value is -2.30. The molecular formula is C25H33ClN4. The summed E-state index contributed by atoms with van der Waals surface area (Å²) in [7, 11) is 1.50. The molecule has 4 N–H and O–H groups in total. The summed E-state index contributed by atoms with van der Waals surface area (Å²) in [6.07, 6.45) is 7.55. The second-order valence-corrected chi connectivity index (χ2v) is 8.32. The summed E-state index contributed by atoms with van der Waals surface area (Å²) in [5.74, 6) is 2.48. The van der Waals surface area contributed by atoms with Gasteiger partial charge in [-0.1, -0.05) is 55.3 Å². The van der Waals surface area contributed by atoms with E-state index in [2.05, 4.69) is 60.6 Å². The Bertz CT molecular complexity index is 884. The van der Waals surface area contributed by atoms with E-state index in [4.69, 9.17) is 16.6 Å². The van der Waals surface area contributed by atoms with Gasteiger partial charge in [0.2, 0.25) is 0 Å². The molecule has 2 aromatic rings. The Morgan fingerprint density at radius 3 is 2.57 bits per heavy atom. The van der Waals surface area contributed by atoms with E-state index in [1.54, 1.807) is 0 Å². The molecule has 1 aliphatic heterocycles. The average molecular weight is 425 g/mol. The van der Waals surface area contributed by atoms with Crippen molar-refractivity contribution in [3.63, 3.8) is 0 Å². The summed E-state index contributed by atoms with van der Waals surface area (Å²) in [5, 5.41) is 7.88. The molecule has 0 spiro atoms. The van der Waals surface area contributed by atoms with E-state index < -0.39 is 0 Å². The van der Waals surface area contributed by atoms with Gasteiger partial charge in [0.25, 0.3) is 0 Å². The van der Waals surface area contributed by atoms with Crippen LogP contribution in [0.3, 0.4) is 0 Å². The SMILES string of the molecule is CCCC(/C=C(\C)NC1=NC(c2ccc(Cl)cc2)Nc2ccccc21)C1CC1.CN. The molecule has 2 atom stereocenters. The summed E-state index contributed by atoms with van der Waals surface area (Å²) >= 11 is 6.06. The maximum Gasteiger partial charge on any atom is 0.147 e. The summed E-state index contributed by atoms with van der Waals surface area (Å²) in [5.41, 5.74) is 9.00. The minimum Gasteiger partial charge on any atom is -0.359 e. The molecule has 1 heterocycles. The molecule has 5 heteroatoms. The van der Waals surface area contributed by atoms with Crippen molar-refractivity contribution >= 4 is 23.1 Å². The van der Waals surface area contributed by atoms with Gasteiger partial charge in [0, 0.05) is 22.0 Å². The first-order valence-electron chi connectivity index (χ1n) is 10.9. The van der Waals surface area contributed by atoms with Crippen molar-refractivity contribution in [1.29, 1.82) is 0 Å². The zero-order chi connectivity index (χ0) is 21.5. The third-order valence-electron chi connectivity index (χ3n) is 5.55. The van der Waals surface area contributed by atoms with Gasteiger partial charge >= 0.3 is 0 Å². The fraction of sp³-hybridized carbons (Fsp3) is 0.400. The van der Waals surface area contributed by atoms with Gasteiger partial charge in [-0.15, -0.1) is 0 Å². The molecule has 4 nitrogen and oxygen atoms in total. The molecule has 0 bridgehead atoms. The van der Waals surface area contributed by atoms with Crippen molar-refractivity contribution in [3.05, 3.63) is 76.5 Å². The largest absolute Gasteiger partial charge is 0.359 e. The van der Waals surface area contributed by atoms with Gasteiger partial charge in [-0.05, 0) is 74.9 Å². The van der Waals surface area contributed by atoms with Crippen LogP contribution in [0.4, 0.5) is 5.69 Å². The lowest BCUT2D eigenvalue weighted by Crippen LogP contribution is -2.30. The molecule has 0 aromatic heterocycles. The zero-order valence-corrected chi connectivity index (χ0v) is 18.9. The highest BCUT2D eigenvalue weighted by Crippen LogP contribution is 2.40. The number of amidine groups is 1. The summed E-state index contributed by atoms with van der Waals surface area (Å²) in [6, 6.07) is 16.2. The first-order chi connectivity index (χ1) is 14.6. The fourth-order valence-electron chi connectivity index (χ4n) is 3.96. The van der Waals surface area contributed by atoms with Crippen LogP contribution in [0.1, 0.15) is 56.8 Å². The Kier molecular flexibility index (Phi) is 7.94. The first kappa shape index (κ1) is 22.4. The second-order valence-electron chi connectivity index (χ2n) is 7.89. The van der Waals surface area contributed by atoms with Crippen LogP contribution in [0.15, 0.2) is 65.3 Å². The number of halogens is 1. The lowest BCUT2D eigenvalue weighted by atomic mass is 9.97. The van der Waals surface area contributed by atoms with E-state index in [-0.39, 0.29) is 6.17 Å². The monoisotopic (exact) mass is 424 g/mol. The third kappa shape index (κ3) is 5.65. The van der Waals surface area contributed by atoms with Gasteiger partial charge < -0.3 is 16.4 Å². The summed E-state index contributed by atoms with van der Waals surface area (Å²) < 4.78 is 0. The minimum atomic E-state index is -0.127. The smallest absolute Gasteiger partial charge is 0.147 e. The number of aliphatic imine (C=N–C) groups is 1. The number of benzene rings is 2. The van der Waals surface area contributed by atoms with Crippen molar-refractivity contribution < 1.29 is 0 Å². The molecule has 0 amide bonds. The molecular weight excluding hydrogens is 392 g/mol. The van der Waals surface area contributed by atoms with Crippen molar-refractivity contribution in [3.8, 4) is 0 Å². The summed E-state index contributed by atoms with van der Waals surface area (Å²) in [4.78, 5) is 4.99. The van der Waals surface area contributed by atoms with Gasteiger partial charge in [-0.3, -0.25) is 0 Å². The minimum absolute atomic E-state index is 0.127. The molecule has 1 fully saturated rings. The van der Waals surface area contributed by atoms with Gasteiger partial charge in [-0.25, -0.2) is 4.99 Å². The number of nitrogens with one attached hydrogen (secondary N) is 2. The Labute approximate surface area is 185 Å². The van der Waals surface area contributed by atoms with Crippen molar-refractivity contribution in [1.82, 2.24) is 5.32 Å². The second kappa shape index (κ2) is 10.6.